The lowest BCUT2D eigenvalue weighted by molar-refractivity contribution is -0.0494. The predicted molar refractivity (Wildman–Crippen MR) is 103 cm³/mol. The maximum Gasteiger partial charge on any atom is 0.387 e. The van der Waals surface area contributed by atoms with Crippen LogP contribution in [0.5, 0.6) is 11.6 Å². The fourth-order valence-corrected chi connectivity index (χ4v) is 2.97. The minimum absolute atomic E-state index is 0.128. The molecule has 0 saturated carbocycles. The van der Waals surface area contributed by atoms with Gasteiger partial charge >= 0.3 is 6.61 Å². The molecule has 154 valence electrons. The largest absolute Gasteiger partial charge is 0.481 e. The number of nitrogens with zero attached hydrogens (tertiary/aromatic N) is 4. The number of alkyl halides is 2. The number of aromatic nitrogens is 5. The molecule has 0 radical (unpaired) electrons. The first-order chi connectivity index (χ1) is 14.5. The van der Waals surface area contributed by atoms with E-state index in [0.29, 0.717) is 5.88 Å². The van der Waals surface area contributed by atoms with E-state index >= 15 is 0 Å². The van der Waals surface area contributed by atoms with Crippen molar-refractivity contribution in [3.8, 4) is 22.9 Å². The van der Waals surface area contributed by atoms with Crippen molar-refractivity contribution in [3.63, 3.8) is 0 Å². The molecule has 9 nitrogen and oxygen atoms in total. The van der Waals surface area contributed by atoms with Gasteiger partial charge in [0.05, 0.1) is 30.9 Å². The number of halogens is 3. The number of carbonyl (C=O) groups excluding carboxylic acids is 1. The number of amides is 1. The molecular formula is C18H13ClF2N6O3. The maximum absolute atomic E-state index is 12.8. The van der Waals surface area contributed by atoms with Crippen LogP contribution in [-0.4, -0.2) is 44.4 Å². The fraction of sp³-hybridized carbons (Fsp3) is 0.111. The Bertz CT molecular complexity index is 1230. The maximum atomic E-state index is 12.8. The van der Waals surface area contributed by atoms with Gasteiger partial charge in [-0.25, -0.2) is 4.52 Å². The van der Waals surface area contributed by atoms with Crippen LogP contribution in [0.15, 0.2) is 42.9 Å². The Morgan fingerprint density at radius 2 is 2.13 bits per heavy atom. The summed E-state index contributed by atoms with van der Waals surface area (Å²) in [7, 11) is 1.46. The minimum atomic E-state index is -3.04. The van der Waals surface area contributed by atoms with Crippen molar-refractivity contribution in [2.75, 3.05) is 12.4 Å². The van der Waals surface area contributed by atoms with E-state index in [1.54, 1.807) is 12.3 Å². The standard InChI is InChI=1S/C18H13ClF2N6O3/c1-29-14-4-5-27-16(25-14)11(7-23-27)17(28)24-12-8-22-26-15(12)10-6-9(19)2-3-13(10)30-18(20)21/h2-8,18H,1H3,(H,22,26)(H,24,28). The van der Waals surface area contributed by atoms with Gasteiger partial charge in [0, 0.05) is 22.8 Å². The molecule has 3 heterocycles. The highest BCUT2D eigenvalue weighted by Crippen LogP contribution is 2.36. The molecule has 0 atom stereocenters. The molecule has 1 aromatic carbocycles. The number of benzene rings is 1. The smallest absolute Gasteiger partial charge is 0.387 e. The number of nitrogens with one attached hydrogen (secondary N) is 2. The third-order valence-electron chi connectivity index (χ3n) is 4.11. The number of rotatable bonds is 6. The van der Waals surface area contributed by atoms with Gasteiger partial charge in [-0.2, -0.15) is 24.0 Å². The number of fused-ring (bicyclic) bond motifs is 1. The van der Waals surface area contributed by atoms with E-state index in [1.165, 1.54) is 42.2 Å². The zero-order chi connectivity index (χ0) is 21.3. The van der Waals surface area contributed by atoms with E-state index in [0.717, 1.165) is 0 Å². The highest BCUT2D eigenvalue weighted by atomic mass is 35.5. The number of carbonyl (C=O) groups is 1. The molecule has 12 heteroatoms. The van der Waals surface area contributed by atoms with Gasteiger partial charge in [0.15, 0.2) is 5.65 Å². The summed E-state index contributed by atoms with van der Waals surface area (Å²) in [6.45, 7) is -3.04. The van der Waals surface area contributed by atoms with Gasteiger partial charge in [-0.3, -0.25) is 9.89 Å². The first kappa shape index (κ1) is 19.6. The van der Waals surface area contributed by atoms with Crippen LogP contribution in [0.1, 0.15) is 10.4 Å². The number of aromatic amines is 1. The third kappa shape index (κ3) is 3.74. The second-order valence-electron chi connectivity index (χ2n) is 5.93. The van der Waals surface area contributed by atoms with Crippen molar-refractivity contribution in [2.45, 2.75) is 6.61 Å². The predicted octanol–water partition coefficient (Wildman–Crippen LogP) is 3.64. The van der Waals surface area contributed by atoms with E-state index < -0.39 is 12.5 Å². The summed E-state index contributed by atoms with van der Waals surface area (Å²) in [5.41, 5.74) is 1.12. The number of methoxy groups -OCH3 is 1. The lowest BCUT2D eigenvalue weighted by Crippen LogP contribution is -2.12. The summed E-state index contributed by atoms with van der Waals surface area (Å²) in [6, 6.07) is 5.73. The fourth-order valence-electron chi connectivity index (χ4n) is 2.80. The van der Waals surface area contributed by atoms with Crippen LogP contribution in [0, 0.1) is 0 Å². The van der Waals surface area contributed by atoms with Crippen LogP contribution in [0.2, 0.25) is 5.02 Å². The molecule has 0 aliphatic carbocycles. The quantitative estimate of drug-likeness (QED) is 0.480. The van der Waals surface area contributed by atoms with Crippen molar-refractivity contribution < 1.29 is 23.0 Å². The van der Waals surface area contributed by atoms with Gasteiger partial charge in [-0.1, -0.05) is 11.6 Å². The van der Waals surface area contributed by atoms with Gasteiger partial charge < -0.3 is 14.8 Å². The molecule has 0 aliphatic rings. The van der Waals surface area contributed by atoms with Gasteiger partial charge in [-0.05, 0) is 18.2 Å². The van der Waals surface area contributed by atoms with E-state index in [9.17, 15) is 13.6 Å². The van der Waals surface area contributed by atoms with Gasteiger partial charge in [0.25, 0.3) is 5.91 Å². The zero-order valence-electron chi connectivity index (χ0n) is 15.3. The van der Waals surface area contributed by atoms with E-state index in [-0.39, 0.29) is 38.9 Å². The summed E-state index contributed by atoms with van der Waals surface area (Å²) in [5, 5.41) is 13.6. The molecule has 2 N–H and O–H groups in total. The Morgan fingerprint density at radius 1 is 1.30 bits per heavy atom. The number of anilines is 1. The number of hydrogen-bond acceptors (Lipinski definition) is 6. The van der Waals surface area contributed by atoms with E-state index in [1.807, 2.05) is 0 Å². The molecule has 0 aliphatic heterocycles. The first-order valence-electron chi connectivity index (χ1n) is 8.44. The van der Waals surface area contributed by atoms with Gasteiger partial charge in [0.1, 0.15) is 11.3 Å². The molecular weight excluding hydrogens is 422 g/mol. The van der Waals surface area contributed by atoms with E-state index in [4.69, 9.17) is 16.3 Å². The molecule has 3 aromatic heterocycles. The number of hydrogen-bond donors (Lipinski definition) is 2. The zero-order valence-corrected chi connectivity index (χ0v) is 16.0. The monoisotopic (exact) mass is 434 g/mol. The average molecular weight is 435 g/mol. The molecule has 4 rings (SSSR count). The van der Waals surface area contributed by atoms with Gasteiger partial charge in [0.2, 0.25) is 5.88 Å². The third-order valence-corrected chi connectivity index (χ3v) is 4.35. The number of ether oxygens (including phenoxy) is 2. The molecule has 0 saturated heterocycles. The molecule has 1 amide bonds. The van der Waals surface area contributed by atoms with Crippen LogP contribution < -0.4 is 14.8 Å². The molecule has 30 heavy (non-hydrogen) atoms. The van der Waals surface area contributed by atoms with Crippen molar-refractivity contribution in [1.82, 2.24) is 24.8 Å². The van der Waals surface area contributed by atoms with Gasteiger partial charge in [-0.15, -0.1) is 0 Å². The van der Waals surface area contributed by atoms with Crippen molar-refractivity contribution in [1.29, 1.82) is 0 Å². The second-order valence-corrected chi connectivity index (χ2v) is 6.36. The molecule has 0 bridgehead atoms. The normalized spacial score (nSPS) is 11.1. The van der Waals surface area contributed by atoms with Crippen molar-refractivity contribution >= 4 is 28.8 Å². The number of H-pyrrole nitrogens is 1. The summed E-state index contributed by atoms with van der Waals surface area (Å²) < 4.78 is 36.6. The summed E-state index contributed by atoms with van der Waals surface area (Å²) in [6.07, 6.45) is 4.28. The van der Waals surface area contributed by atoms with Crippen LogP contribution in [0.4, 0.5) is 14.5 Å². The highest BCUT2D eigenvalue weighted by Gasteiger charge is 2.20. The topological polar surface area (TPSA) is 106 Å². The van der Waals surface area contributed by atoms with Crippen LogP contribution in [0.25, 0.3) is 16.9 Å². The Kier molecular flexibility index (Phi) is 5.19. The lowest BCUT2D eigenvalue weighted by Gasteiger charge is -2.12. The molecule has 0 spiro atoms. The Morgan fingerprint density at radius 3 is 2.90 bits per heavy atom. The summed E-state index contributed by atoms with van der Waals surface area (Å²) in [5.74, 6) is -0.350. The molecule has 0 fully saturated rings. The van der Waals surface area contributed by atoms with Crippen molar-refractivity contribution in [3.05, 3.63) is 53.4 Å². The van der Waals surface area contributed by atoms with Crippen LogP contribution in [-0.2, 0) is 0 Å². The second kappa shape index (κ2) is 7.95. The van der Waals surface area contributed by atoms with Crippen LogP contribution in [0.3, 0.4) is 0 Å². The molecule has 0 unspecified atom stereocenters. The lowest BCUT2D eigenvalue weighted by atomic mass is 10.1. The highest BCUT2D eigenvalue weighted by molar-refractivity contribution is 6.31. The Balaban J connectivity index is 1.69. The minimum Gasteiger partial charge on any atom is -0.481 e. The Hall–Kier alpha value is -3.73. The van der Waals surface area contributed by atoms with Crippen molar-refractivity contribution in [2.24, 2.45) is 0 Å². The van der Waals surface area contributed by atoms with E-state index in [2.05, 4.69) is 30.3 Å². The summed E-state index contributed by atoms with van der Waals surface area (Å²) >= 11 is 6.01. The SMILES string of the molecule is COc1ccn2ncc(C(=O)Nc3cn[nH]c3-c3cc(Cl)ccc3OC(F)F)c2n1. The average Bonchev–Trinajstić information content (AvgIpc) is 3.35. The first-order valence-corrected chi connectivity index (χ1v) is 8.82. The van der Waals surface area contributed by atoms with Crippen LogP contribution >= 0.6 is 11.6 Å². The summed E-state index contributed by atoms with van der Waals surface area (Å²) in [4.78, 5) is 17.1. The molecule has 4 aromatic rings. The Labute approximate surface area is 172 Å².